The summed E-state index contributed by atoms with van der Waals surface area (Å²) in [5.74, 6) is 0.922. The first-order valence-corrected chi connectivity index (χ1v) is 6.85. The molecule has 0 radical (unpaired) electrons. The van der Waals surface area contributed by atoms with Crippen LogP contribution in [0.4, 0.5) is 0 Å². The highest BCUT2D eigenvalue weighted by Crippen LogP contribution is 2.19. The second kappa shape index (κ2) is 6.57. The van der Waals surface area contributed by atoms with E-state index in [1.165, 1.54) is 6.42 Å². The van der Waals surface area contributed by atoms with Crippen LogP contribution in [0.15, 0.2) is 24.3 Å². The van der Waals surface area contributed by atoms with Crippen LogP contribution in [0.2, 0.25) is 0 Å². The molecule has 1 aromatic rings. The second-order valence-corrected chi connectivity index (χ2v) is 5.06. The Morgan fingerprint density at radius 1 is 1.58 bits per heavy atom. The molecule has 4 nitrogen and oxygen atoms in total. The highest BCUT2D eigenvalue weighted by Gasteiger charge is 2.18. The Morgan fingerprint density at radius 2 is 2.42 bits per heavy atom. The molecule has 1 aromatic carbocycles. The largest absolute Gasteiger partial charge is 0.497 e. The lowest BCUT2D eigenvalue weighted by atomic mass is 10.1. The number of carbonyl (C=O) groups excluding carboxylic acids is 1. The van der Waals surface area contributed by atoms with Crippen LogP contribution >= 0.6 is 0 Å². The van der Waals surface area contributed by atoms with Gasteiger partial charge in [-0.15, -0.1) is 0 Å². The van der Waals surface area contributed by atoms with Crippen LogP contribution in [0.25, 0.3) is 0 Å². The number of methoxy groups -OCH3 is 1. The number of nitrogens with one attached hydrogen (secondary N) is 2. The van der Waals surface area contributed by atoms with Gasteiger partial charge >= 0.3 is 0 Å². The van der Waals surface area contributed by atoms with E-state index in [1.807, 2.05) is 31.2 Å². The van der Waals surface area contributed by atoms with E-state index in [2.05, 4.69) is 10.6 Å². The van der Waals surface area contributed by atoms with E-state index in [9.17, 15) is 4.79 Å². The Labute approximate surface area is 114 Å². The van der Waals surface area contributed by atoms with E-state index in [0.717, 1.165) is 24.3 Å². The van der Waals surface area contributed by atoms with Gasteiger partial charge in [0.1, 0.15) is 5.75 Å². The molecule has 1 saturated heterocycles. The molecule has 104 valence electrons. The summed E-state index contributed by atoms with van der Waals surface area (Å²) in [6.07, 6.45) is 2.83. The quantitative estimate of drug-likeness (QED) is 0.853. The average Bonchev–Trinajstić information content (AvgIpc) is 2.91. The Bertz CT molecular complexity index is 428. The smallest absolute Gasteiger partial charge is 0.222 e. The van der Waals surface area contributed by atoms with E-state index in [4.69, 9.17) is 4.74 Å². The van der Waals surface area contributed by atoms with Crippen molar-refractivity contribution in [2.24, 2.45) is 0 Å². The Hall–Kier alpha value is -1.55. The van der Waals surface area contributed by atoms with Crippen molar-refractivity contribution in [2.75, 3.05) is 13.7 Å². The topological polar surface area (TPSA) is 50.4 Å². The molecule has 0 saturated carbocycles. The normalized spacial score (nSPS) is 20.0. The van der Waals surface area contributed by atoms with Crippen LogP contribution in [0, 0.1) is 0 Å². The minimum atomic E-state index is 0.00371. The number of benzene rings is 1. The lowest BCUT2D eigenvalue weighted by molar-refractivity contribution is -0.122. The Kier molecular flexibility index (Phi) is 4.80. The number of hydrogen-bond donors (Lipinski definition) is 2. The zero-order valence-electron chi connectivity index (χ0n) is 11.6. The highest BCUT2D eigenvalue weighted by molar-refractivity contribution is 5.77. The maximum absolute atomic E-state index is 12.0. The summed E-state index contributed by atoms with van der Waals surface area (Å²) >= 11 is 0. The van der Waals surface area contributed by atoms with Gasteiger partial charge in [-0.05, 0) is 44.0 Å². The summed E-state index contributed by atoms with van der Waals surface area (Å²) < 4.78 is 5.19. The molecule has 0 aliphatic carbocycles. The van der Waals surface area contributed by atoms with E-state index >= 15 is 0 Å². The van der Waals surface area contributed by atoms with Crippen molar-refractivity contribution in [2.45, 2.75) is 38.3 Å². The first-order chi connectivity index (χ1) is 9.19. The van der Waals surface area contributed by atoms with Crippen LogP contribution in [0.1, 0.15) is 37.8 Å². The third-order valence-electron chi connectivity index (χ3n) is 3.57. The number of rotatable bonds is 5. The summed E-state index contributed by atoms with van der Waals surface area (Å²) in [6, 6.07) is 8.15. The molecule has 0 spiro atoms. The first kappa shape index (κ1) is 13.9. The third-order valence-corrected chi connectivity index (χ3v) is 3.57. The fraction of sp³-hybridized carbons (Fsp3) is 0.533. The van der Waals surface area contributed by atoms with E-state index in [0.29, 0.717) is 12.5 Å². The van der Waals surface area contributed by atoms with Crippen molar-refractivity contribution in [1.29, 1.82) is 0 Å². The van der Waals surface area contributed by atoms with Gasteiger partial charge in [0, 0.05) is 12.5 Å². The van der Waals surface area contributed by atoms with Gasteiger partial charge in [-0.25, -0.2) is 0 Å². The average molecular weight is 262 g/mol. The molecule has 1 heterocycles. The zero-order chi connectivity index (χ0) is 13.7. The van der Waals surface area contributed by atoms with Crippen LogP contribution in [-0.4, -0.2) is 25.6 Å². The Balaban J connectivity index is 1.88. The lowest BCUT2D eigenvalue weighted by Crippen LogP contribution is -2.33. The molecule has 0 aromatic heterocycles. The number of carbonyl (C=O) groups is 1. The van der Waals surface area contributed by atoms with Crippen molar-refractivity contribution in [3.8, 4) is 5.75 Å². The summed E-state index contributed by atoms with van der Waals surface area (Å²) in [6.45, 7) is 3.03. The number of ether oxygens (including phenoxy) is 1. The lowest BCUT2D eigenvalue weighted by Gasteiger charge is -2.17. The van der Waals surface area contributed by atoms with E-state index in [-0.39, 0.29) is 11.9 Å². The second-order valence-electron chi connectivity index (χ2n) is 5.06. The summed E-state index contributed by atoms with van der Waals surface area (Å²) in [5, 5.41) is 6.38. The minimum Gasteiger partial charge on any atom is -0.497 e. The monoisotopic (exact) mass is 262 g/mol. The van der Waals surface area contributed by atoms with Gasteiger partial charge in [-0.1, -0.05) is 12.1 Å². The fourth-order valence-electron chi connectivity index (χ4n) is 2.45. The van der Waals surface area contributed by atoms with Crippen LogP contribution in [0.5, 0.6) is 5.75 Å². The number of hydrogen-bond acceptors (Lipinski definition) is 3. The van der Waals surface area contributed by atoms with Gasteiger partial charge in [0.05, 0.1) is 13.2 Å². The molecule has 0 bridgehead atoms. The van der Waals surface area contributed by atoms with Crippen molar-refractivity contribution >= 4 is 5.91 Å². The molecule has 4 heteroatoms. The predicted molar refractivity (Wildman–Crippen MR) is 75.2 cm³/mol. The summed E-state index contributed by atoms with van der Waals surface area (Å²) in [4.78, 5) is 12.0. The molecule has 2 atom stereocenters. The van der Waals surface area contributed by atoms with E-state index < -0.39 is 0 Å². The van der Waals surface area contributed by atoms with Crippen molar-refractivity contribution in [3.63, 3.8) is 0 Å². The van der Waals surface area contributed by atoms with Gasteiger partial charge in [0.25, 0.3) is 0 Å². The zero-order valence-corrected chi connectivity index (χ0v) is 11.6. The Morgan fingerprint density at radius 3 is 3.11 bits per heavy atom. The SMILES string of the molecule is COc1cccc([C@H](C)NC(=O)CC2CCCN2)c1. The van der Waals surface area contributed by atoms with Crippen LogP contribution in [-0.2, 0) is 4.79 Å². The maximum atomic E-state index is 12.0. The molecule has 1 aliphatic rings. The molecule has 2 N–H and O–H groups in total. The first-order valence-electron chi connectivity index (χ1n) is 6.85. The van der Waals surface area contributed by atoms with Gasteiger partial charge in [-0.3, -0.25) is 4.79 Å². The molecular formula is C15H22N2O2. The van der Waals surface area contributed by atoms with Crippen molar-refractivity contribution in [1.82, 2.24) is 10.6 Å². The fourth-order valence-corrected chi connectivity index (χ4v) is 2.45. The molecule has 1 fully saturated rings. The molecule has 1 unspecified atom stereocenters. The number of amides is 1. The molecule has 1 amide bonds. The van der Waals surface area contributed by atoms with E-state index in [1.54, 1.807) is 7.11 Å². The summed E-state index contributed by atoms with van der Waals surface area (Å²) in [5.41, 5.74) is 1.06. The molecule has 19 heavy (non-hydrogen) atoms. The predicted octanol–water partition coefficient (Wildman–Crippen LogP) is 2.01. The summed E-state index contributed by atoms with van der Waals surface area (Å²) in [7, 11) is 1.65. The van der Waals surface area contributed by atoms with Crippen molar-refractivity contribution in [3.05, 3.63) is 29.8 Å². The van der Waals surface area contributed by atoms with Gasteiger partial charge < -0.3 is 15.4 Å². The van der Waals surface area contributed by atoms with Crippen LogP contribution in [0.3, 0.4) is 0 Å². The van der Waals surface area contributed by atoms with Gasteiger partial charge in [0.2, 0.25) is 5.91 Å². The van der Waals surface area contributed by atoms with Gasteiger partial charge in [-0.2, -0.15) is 0 Å². The third kappa shape index (κ3) is 3.96. The standard InChI is InChI=1S/C15H22N2O2/c1-11(12-5-3-7-14(9-12)19-2)17-15(18)10-13-6-4-8-16-13/h3,5,7,9,11,13,16H,4,6,8,10H2,1-2H3,(H,17,18)/t11-,13?/m0/s1. The minimum absolute atomic E-state index is 0.00371. The van der Waals surface area contributed by atoms with Crippen LogP contribution < -0.4 is 15.4 Å². The molecular weight excluding hydrogens is 240 g/mol. The van der Waals surface area contributed by atoms with Crippen molar-refractivity contribution < 1.29 is 9.53 Å². The highest BCUT2D eigenvalue weighted by atomic mass is 16.5. The molecule has 2 rings (SSSR count). The van der Waals surface area contributed by atoms with Gasteiger partial charge in [0.15, 0.2) is 0 Å². The molecule has 1 aliphatic heterocycles. The maximum Gasteiger partial charge on any atom is 0.222 e.